The van der Waals surface area contributed by atoms with E-state index in [1.54, 1.807) is 27.7 Å². The maximum absolute atomic E-state index is 13.5. The highest BCUT2D eigenvalue weighted by molar-refractivity contribution is 7.62. The molecule has 0 aromatic carbocycles. The molecule has 9 heteroatoms. The van der Waals surface area contributed by atoms with Crippen LogP contribution in [0.1, 0.15) is 107 Å². The van der Waals surface area contributed by atoms with Gasteiger partial charge in [-0.05, 0) is 53.4 Å². The molecule has 0 rings (SSSR count). The van der Waals surface area contributed by atoms with E-state index in [2.05, 4.69) is 0 Å². The van der Waals surface area contributed by atoms with Gasteiger partial charge in [-0.3, -0.25) is 18.1 Å². The number of rotatable bonds is 18. The second-order valence-corrected chi connectivity index (χ2v) is 11.1. The first-order valence-corrected chi connectivity index (χ1v) is 14.1. The first-order valence-electron chi connectivity index (χ1n) is 11.2. The maximum atomic E-state index is 13.5. The molecule has 0 aromatic heterocycles. The lowest BCUT2D eigenvalue weighted by Gasteiger charge is -2.29. The van der Waals surface area contributed by atoms with Crippen molar-refractivity contribution in [2.45, 2.75) is 131 Å². The van der Waals surface area contributed by atoms with Crippen molar-refractivity contribution in [3.63, 3.8) is 0 Å². The van der Waals surface area contributed by atoms with E-state index in [1.165, 1.54) is 0 Å². The summed E-state index contributed by atoms with van der Waals surface area (Å²) in [5.74, 6) is 0. The molecule has 4 unspecified atom stereocenters. The van der Waals surface area contributed by atoms with Crippen molar-refractivity contribution in [1.82, 2.24) is 0 Å². The van der Waals surface area contributed by atoms with Crippen molar-refractivity contribution >= 4 is 15.6 Å². The number of hydrogen-bond acceptors (Lipinski definition) is 7. The number of phosphoric acid groups is 2. The van der Waals surface area contributed by atoms with Gasteiger partial charge in [-0.25, -0.2) is 9.13 Å². The van der Waals surface area contributed by atoms with Gasteiger partial charge in [-0.2, -0.15) is 4.31 Å². The second kappa shape index (κ2) is 15.1. The molecule has 29 heavy (non-hydrogen) atoms. The SMILES string of the molecule is CCCC(C)OP(=O)(OC(C)CCC)OP(=O)(OC(C)CCC)OC(C)CCC. The summed E-state index contributed by atoms with van der Waals surface area (Å²) in [5, 5.41) is 0. The molecule has 0 radical (unpaired) electrons. The Morgan fingerprint density at radius 2 is 0.724 bits per heavy atom. The van der Waals surface area contributed by atoms with Crippen LogP contribution in [0.15, 0.2) is 0 Å². The van der Waals surface area contributed by atoms with Crippen LogP contribution in [-0.4, -0.2) is 24.4 Å². The average Bonchev–Trinajstić information content (AvgIpc) is 2.53. The van der Waals surface area contributed by atoms with Crippen LogP contribution in [0.5, 0.6) is 0 Å². The standard InChI is InChI=1S/C20H44O7P2/c1-9-13-17(5)23-28(21,24-18(6)14-10-2)27-29(22,25-19(7)15-11-3)26-20(8)16-12-4/h17-20H,9-16H2,1-8H3. The lowest BCUT2D eigenvalue weighted by Crippen LogP contribution is -2.17. The monoisotopic (exact) mass is 458 g/mol. The van der Waals surface area contributed by atoms with Gasteiger partial charge in [0.05, 0.1) is 24.4 Å². The molecule has 0 fully saturated rings. The van der Waals surface area contributed by atoms with E-state index in [4.69, 9.17) is 22.4 Å². The van der Waals surface area contributed by atoms with E-state index in [0.717, 1.165) is 25.7 Å². The van der Waals surface area contributed by atoms with Crippen molar-refractivity contribution in [1.29, 1.82) is 0 Å². The number of hydrogen-bond donors (Lipinski definition) is 0. The van der Waals surface area contributed by atoms with Gasteiger partial charge >= 0.3 is 15.6 Å². The van der Waals surface area contributed by atoms with Gasteiger partial charge in [0.15, 0.2) is 0 Å². The van der Waals surface area contributed by atoms with Crippen LogP contribution < -0.4 is 0 Å². The Morgan fingerprint density at radius 3 is 0.897 bits per heavy atom. The van der Waals surface area contributed by atoms with Gasteiger partial charge in [-0.15, -0.1) is 0 Å². The summed E-state index contributed by atoms with van der Waals surface area (Å²) in [7, 11) is -8.35. The van der Waals surface area contributed by atoms with Gasteiger partial charge in [-0.1, -0.05) is 53.4 Å². The smallest absolute Gasteiger partial charge is 0.284 e. The molecule has 0 N–H and O–H groups in total. The molecular weight excluding hydrogens is 414 g/mol. The summed E-state index contributed by atoms with van der Waals surface area (Å²) >= 11 is 0. The third-order valence-corrected chi connectivity index (χ3v) is 8.29. The quantitative estimate of drug-likeness (QED) is 0.192. The third kappa shape index (κ3) is 13.3. The van der Waals surface area contributed by atoms with Crippen LogP contribution in [0, 0.1) is 0 Å². The van der Waals surface area contributed by atoms with Crippen LogP contribution in [0.25, 0.3) is 0 Å². The lowest BCUT2D eigenvalue weighted by atomic mass is 10.2. The van der Waals surface area contributed by atoms with E-state index in [0.29, 0.717) is 25.7 Å². The number of phosphoric ester groups is 2. The summed E-state index contributed by atoms with van der Waals surface area (Å²) in [6, 6.07) is 0. The fourth-order valence-electron chi connectivity index (χ4n) is 2.97. The Balaban J connectivity index is 5.66. The predicted molar refractivity (Wildman–Crippen MR) is 118 cm³/mol. The molecule has 0 aliphatic carbocycles. The minimum atomic E-state index is -4.18. The summed E-state index contributed by atoms with van der Waals surface area (Å²) in [6.07, 6.45) is 4.54. The molecule has 0 heterocycles. The van der Waals surface area contributed by atoms with Crippen molar-refractivity contribution in [2.24, 2.45) is 0 Å². The second-order valence-electron chi connectivity index (χ2n) is 7.79. The molecule has 0 aliphatic rings. The zero-order chi connectivity index (χ0) is 22.5. The van der Waals surface area contributed by atoms with Crippen LogP contribution in [0.3, 0.4) is 0 Å². The molecule has 0 saturated carbocycles. The highest BCUT2D eigenvalue weighted by Crippen LogP contribution is 2.68. The van der Waals surface area contributed by atoms with E-state index in [-0.39, 0.29) is 24.4 Å². The summed E-state index contributed by atoms with van der Waals surface area (Å²) < 4.78 is 55.1. The van der Waals surface area contributed by atoms with E-state index in [1.807, 2.05) is 27.7 Å². The molecule has 0 saturated heterocycles. The van der Waals surface area contributed by atoms with Crippen LogP contribution in [0.4, 0.5) is 0 Å². The van der Waals surface area contributed by atoms with Crippen molar-refractivity contribution in [2.75, 3.05) is 0 Å². The third-order valence-electron chi connectivity index (χ3n) is 4.22. The molecule has 7 nitrogen and oxygen atoms in total. The molecule has 176 valence electrons. The Bertz CT molecular complexity index is 435. The Labute approximate surface area is 178 Å². The molecule has 0 aromatic rings. The van der Waals surface area contributed by atoms with Gasteiger partial charge in [0.1, 0.15) is 0 Å². The zero-order valence-electron chi connectivity index (χ0n) is 19.7. The van der Waals surface area contributed by atoms with Crippen LogP contribution in [0.2, 0.25) is 0 Å². The van der Waals surface area contributed by atoms with Gasteiger partial charge < -0.3 is 0 Å². The first kappa shape index (κ1) is 29.3. The lowest BCUT2D eigenvalue weighted by molar-refractivity contribution is 0.0464. The molecular formula is C20H44O7P2. The molecule has 0 bridgehead atoms. The highest BCUT2D eigenvalue weighted by atomic mass is 31.3. The van der Waals surface area contributed by atoms with Crippen LogP contribution in [-0.2, 0) is 31.5 Å². The van der Waals surface area contributed by atoms with E-state index >= 15 is 0 Å². The van der Waals surface area contributed by atoms with Crippen molar-refractivity contribution < 1.29 is 31.5 Å². The molecule has 4 atom stereocenters. The topological polar surface area (TPSA) is 80.3 Å². The summed E-state index contributed by atoms with van der Waals surface area (Å²) in [5.41, 5.74) is 0. The largest absolute Gasteiger partial charge is 0.484 e. The van der Waals surface area contributed by atoms with E-state index in [9.17, 15) is 9.13 Å². The fourth-order valence-corrected chi connectivity index (χ4v) is 6.85. The van der Waals surface area contributed by atoms with Gasteiger partial charge in [0.2, 0.25) is 0 Å². The van der Waals surface area contributed by atoms with Gasteiger partial charge in [0, 0.05) is 0 Å². The van der Waals surface area contributed by atoms with Crippen LogP contribution >= 0.6 is 15.6 Å². The van der Waals surface area contributed by atoms with Gasteiger partial charge in [0.25, 0.3) is 0 Å². The Hall–Kier alpha value is 0.260. The summed E-state index contributed by atoms with van der Waals surface area (Å²) in [6.45, 7) is 15.2. The summed E-state index contributed by atoms with van der Waals surface area (Å²) in [4.78, 5) is 0. The zero-order valence-corrected chi connectivity index (χ0v) is 21.5. The first-order chi connectivity index (χ1) is 13.5. The Morgan fingerprint density at radius 1 is 0.517 bits per heavy atom. The predicted octanol–water partition coefficient (Wildman–Crippen LogP) is 8.04. The Kier molecular flexibility index (Phi) is 15.3. The van der Waals surface area contributed by atoms with E-state index < -0.39 is 15.6 Å². The van der Waals surface area contributed by atoms with Crippen molar-refractivity contribution in [3.8, 4) is 0 Å². The fraction of sp³-hybridized carbons (Fsp3) is 1.00. The maximum Gasteiger partial charge on any atom is 0.484 e. The minimum Gasteiger partial charge on any atom is -0.284 e. The normalized spacial score (nSPS) is 20.4. The molecule has 0 aliphatic heterocycles. The minimum absolute atomic E-state index is 0.380. The molecule has 0 spiro atoms. The van der Waals surface area contributed by atoms with Crippen molar-refractivity contribution in [3.05, 3.63) is 0 Å². The highest BCUT2D eigenvalue weighted by Gasteiger charge is 2.44. The molecule has 0 amide bonds. The average molecular weight is 459 g/mol.